The molecule has 0 bridgehead atoms. The third kappa shape index (κ3) is 3.51. The molecule has 0 amide bonds. The number of hydrogen-bond acceptors (Lipinski definition) is 1. The van der Waals surface area contributed by atoms with Gasteiger partial charge in [-0.15, -0.1) is 11.6 Å². The molecule has 0 aliphatic carbocycles. The van der Waals surface area contributed by atoms with Crippen LogP contribution in [0.15, 0.2) is 24.3 Å². The fraction of sp³-hybridized carbons (Fsp3) is 0.294. The first-order valence-electron chi connectivity index (χ1n) is 6.88. The number of benzene rings is 2. The molecule has 0 aliphatic heterocycles. The average molecular weight is 362 g/mol. The van der Waals surface area contributed by atoms with Crippen molar-refractivity contribution in [1.82, 2.24) is 0 Å². The van der Waals surface area contributed by atoms with Crippen LogP contribution in [-0.2, 0) is 12.3 Å². The summed E-state index contributed by atoms with van der Waals surface area (Å²) in [5, 5.41) is 10.7. The molecule has 0 aliphatic rings. The molecule has 1 N–H and O–H groups in total. The minimum atomic E-state index is -0.413. The average Bonchev–Trinajstić information content (AvgIpc) is 2.44. The van der Waals surface area contributed by atoms with Gasteiger partial charge in [0.05, 0.1) is 0 Å². The maximum Gasteiger partial charge on any atom is 0.133 e. The van der Waals surface area contributed by atoms with E-state index in [4.69, 9.17) is 34.8 Å². The molecule has 0 unspecified atom stereocenters. The molecule has 1 nitrogen and oxygen atoms in total. The van der Waals surface area contributed by atoms with E-state index in [2.05, 4.69) is 0 Å². The number of phenols is 1. The molecule has 0 radical (unpaired) electrons. The van der Waals surface area contributed by atoms with Gasteiger partial charge in [-0.1, -0.05) is 43.1 Å². The van der Waals surface area contributed by atoms with Crippen molar-refractivity contribution in [3.05, 3.63) is 62.4 Å². The largest absolute Gasteiger partial charge is 0.508 e. The second kappa shape index (κ2) is 7.08. The molecular weight excluding hydrogens is 346 g/mol. The van der Waals surface area contributed by atoms with Gasteiger partial charge in [-0.3, -0.25) is 0 Å². The second-order valence-electron chi connectivity index (χ2n) is 5.47. The minimum Gasteiger partial charge on any atom is -0.508 e. The van der Waals surface area contributed by atoms with Gasteiger partial charge in [-0.25, -0.2) is 4.39 Å². The van der Waals surface area contributed by atoms with Crippen molar-refractivity contribution in [3.8, 4) is 5.75 Å². The predicted molar refractivity (Wildman–Crippen MR) is 91.0 cm³/mol. The molecule has 2 aromatic carbocycles. The maximum atomic E-state index is 14.6. The van der Waals surface area contributed by atoms with Crippen molar-refractivity contribution < 1.29 is 9.50 Å². The van der Waals surface area contributed by atoms with E-state index in [0.29, 0.717) is 32.6 Å². The third-order valence-electron chi connectivity index (χ3n) is 3.54. The maximum absolute atomic E-state index is 14.6. The Morgan fingerprint density at radius 1 is 1.14 bits per heavy atom. The number of rotatable bonds is 4. The van der Waals surface area contributed by atoms with Crippen molar-refractivity contribution in [2.24, 2.45) is 0 Å². The summed E-state index contributed by atoms with van der Waals surface area (Å²) < 4.78 is 14.6. The third-order valence-corrected chi connectivity index (χ3v) is 4.52. The van der Waals surface area contributed by atoms with Gasteiger partial charge in [0.15, 0.2) is 0 Å². The Kier molecular flexibility index (Phi) is 5.60. The van der Waals surface area contributed by atoms with Crippen LogP contribution in [0.5, 0.6) is 5.75 Å². The van der Waals surface area contributed by atoms with E-state index in [9.17, 15) is 9.50 Å². The van der Waals surface area contributed by atoms with Crippen molar-refractivity contribution in [3.63, 3.8) is 0 Å². The summed E-state index contributed by atoms with van der Waals surface area (Å²) in [4.78, 5) is 0. The van der Waals surface area contributed by atoms with Crippen LogP contribution in [0.25, 0.3) is 0 Å². The van der Waals surface area contributed by atoms with Crippen LogP contribution < -0.4 is 0 Å². The first-order chi connectivity index (χ1) is 10.3. The monoisotopic (exact) mass is 360 g/mol. The van der Waals surface area contributed by atoms with Crippen LogP contribution in [0, 0.1) is 5.82 Å². The highest BCUT2D eigenvalue weighted by Gasteiger charge is 2.18. The molecule has 0 aromatic heterocycles. The molecule has 5 heteroatoms. The summed E-state index contributed by atoms with van der Waals surface area (Å²) in [6.45, 7) is 3.66. The molecule has 0 atom stereocenters. The number of halogens is 4. The Bertz CT molecular complexity index is 676. The van der Waals surface area contributed by atoms with Crippen molar-refractivity contribution in [1.29, 1.82) is 0 Å². The minimum absolute atomic E-state index is 0.0362. The van der Waals surface area contributed by atoms with Crippen LogP contribution >= 0.6 is 34.8 Å². The van der Waals surface area contributed by atoms with E-state index in [1.165, 1.54) is 6.07 Å². The first kappa shape index (κ1) is 17.4. The number of aromatic hydroxyl groups is 1. The second-order valence-corrected chi connectivity index (χ2v) is 6.56. The van der Waals surface area contributed by atoms with Crippen molar-refractivity contribution in [2.75, 3.05) is 0 Å². The van der Waals surface area contributed by atoms with Gasteiger partial charge < -0.3 is 5.11 Å². The molecule has 0 fully saturated rings. The molecule has 2 aromatic rings. The SMILES string of the molecule is CC(C)c1c(O)ccc(Cc2c(Cl)cc(CCl)cc2Cl)c1F. The summed E-state index contributed by atoms with van der Waals surface area (Å²) in [5.41, 5.74) is 2.22. The van der Waals surface area contributed by atoms with Gasteiger partial charge >= 0.3 is 0 Å². The Morgan fingerprint density at radius 3 is 2.23 bits per heavy atom. The molecular formula is C17H16Cl3FO. The lowest BCUT2D eigenvalue weighted by molar-refractivity contribution is 0.452. The fourth-order valence-corrected chi connectivity index (χ4v) is 3.23. The van der Waals surface area contributed by atoms with E-state index in [-0.39, 0.29) is 18.1 Å². The van der Waals surface area contributed by atoms with Crippen molar-refractivity contribution >= 4 is 34.8 Å². The van der Waals surface area contributed by atoms with E-state index in [1.54, 1.807) is 18.2 Å². The quantitative estimate of drug-likeness (QED) is 0.634. The van der Waals surface area contributed by atoms with Crippen LogP contribution in [0.3, 0.4) is 0 Å². The van der Waals surface area contributed by atoms with E-state index >= 15 is 0 Å². The zero-order valence-electron chi connectivity index (χ0n) is 12.3. The molecule has 22 heavy (non-hydrogen) atoms. The first-order valence-corrected chi connectivity index (χ1v) is 8.17. The zero-order chi connectivity index (χ0) is 16.4. The van der Waals surface area contributed by atoms with Crippen LogP contribution in [0.2, 0.25) is 10.0 Å². The van der Waals surface area contributed by atoms with Gasteiger partial charge in [0.2, 0.25) is 0 Å². The summed E-state index contributed by atoms with van der Waals surface area (Å²) in [6.07, 6.45) is 0.256. The van der Waals surface area contributed by atoms with Crippen molar-refractivity contribution in [2.45, 2.75) is 32.1 Å². The lowest BCUT2D eigenvalue weighted by Crippen LogP contribution is -2.01. The Labute approximate surface area is 144 Å². The summed E-state index contributed by atoms with van der Waals surface area (Å²) >= 11 is 18.2. The highest BCUT2D eigenvalue weighted by atomic mass is 35.5. The molecule has 0 saturated heterocycles. The van der Waals surface area contributed by atoms with Gasteiger partial charge in [-0.2, -0.15) is 0 Å². The topological polar surface area (TPSA) is 20.2 Å². The molecule has 0 spiro atoms. The van der Waals surface area contributed by atoms with Gasteiger partial charge in [0.25, 0.3) is 0 Å². The molecule has 0 saturated carbocycles. The standard InChI is InChI=1S/C17H16Cl3FO/c1-9(2)16-15(22)4-3-11(17(16)21)7-12-13(19)5-10(8-18)6-14(12)20/h3-6,9,22H,7-8H2,1-2H3. The lowest BCUT2D eigenvalue weighted by Gasteiger charge is -2.15. The highest BCUT2D eigenvalue weighted by Crippen LogP contribution is 2.34. The van der Waals surface area contributed by atoms with E-state index < -0.39 is 5.82 Å². The highest BCUT2D eigenvalue weighted by molar-refractivity contribution is 6.36. The summed E-state index contributed by atoms with van der Waals surface area (Å²) in [5.74, 6) is -0.260. The molecule has 0 heterocycles. The smallest absolute Gasteiger partial charge is 0.133 e. The fourth-order valence-electron chi connectivity index (χ4n) is 2.41. The Balaban J connectivity index is 2.46. The summed E-state index contributed by atoms with van der Waals surface area (Å²) in [7, 11) is 0. The molecule has 2 rings (SSSR count). The normalized spacial score (nSPS) is 11.2. The number of hydrogen-bond donors (Lipinski definition) is 1. The van der Waals surface area contributed by atoms with Crippen LogP contribution in [-0.4, -0.2) is 5.11 Å². The Morgan fingerprint density at radius 2 is 1.73 bits per heavy atom. The predicted octanol–water partition coefficient (Wildman–Crippen LogP) is 6.29. The zero-order valence-corrected chi connectivity index (χ0v) is 14.5. The van der Waals surface area contributed by atoms with Gasteiger partial charge in [-0.05, 0) is 40.8 Å². The van der Waals surface area contributed by atoms with Crippen LogP contribution in [0.1, 0.15) is 42.0 Å². The number of phenolic OH excluding ortho intramolecular Hbond substituents is 1. The van der Waals surface area contributed by atoms with E-state index in [1.807, 2.05) is 13.8 Å². The van der Waals surface area contributed by atoms with Gasteiger partial charge in [0, 0.05) is 27.9 Å². The van der Waals surface area contributed by atoms with Gasteiger partial charge in [0.1, 0.15) is 11.6 Å². The lowest BCUT2D eigenvalue weighted by atomic mass is 9.95. The molecule has 118 valence electrons. The Hall–Kier alpha value is -0.960. The number of alkyl halides is 1. The summed E-state index contributed by atoms with van der Waals surface area (Å²) in [6, 6.07) is 6.52. The van der Waals surface area contributed by atoms with Crippen LogP contribution in [0.4, 0.5) is 4.39 Å². The van der Waals surface area contributed by atoms with E-state index in [0.717, 1.165) is 5.56 Å².